The molecule has 0 aromatic carbocycles. The van der Waals surface area contributed by atoms with Crippen molar-refractivity contribution in [3.63, 3.8) is 0 Å². The molecule has 80 valence electrons. The molecule has 0 N–H and O–H groups in total. The summed E-state index contributed by atoms with van der Waals surface area (Å²) in [5.74, 6) is 1.23. The Morgan fingerprint density at radius 1 is 0.929 bits per heavy atom. The van der Waals surface area contributed by atoms with Gasteiger partial charge in [0.2, 0.25) is 0 Å². The van der Waals surface area contributed by atoms with Gasteiger partial charge >= 0.3 is 0 Å². The highest BCUT2D eigenvalue weighted by Crippen LogP contribution is 2.34. The summed E-state index contributed by atoms with van der Waals surface area (Å²) in [6.45, 7) is 6.47. The molecule has 1 aliphatic carbocycles. The molecule has 1 saturated heterocycles. The van der Waals surface area contributed by atoms with Gasteiger partial charge in [-0.15, -0.1) is 0 Å². The van der Waals surface area contributed by atoms with E-state index in [9.17, 15) is 0 Å². The van der Waals surface area contributed by atoms with E-state index in [0.717, 1.165) is 12.8 Å². The Bertz CT molecular complexity index is 214. The van der Waals surface area contributed by atoms with E-state index >= 15 is 0 Å². The molecule has 1 heterocycles. The van der Waals surface area contributed by atoms with E-state index < -0.39 is 0 Å². The maximum absolute atomic E-state index is 5.83. The fraction of sp³-hybridized carbons (Fsp3) is 0.833. The second-order valence-corrected chi connectivity index (χ2v) is 4.63. The Labute approximate surface area is 86.3 Å². The minimum absolute atomic E-state index is 0.0277. The van der Waals surface area contributed by atoms with Gasteiger partial charge in [0.15, 0.2) is 6.29 Å². The summed E-state index contributed by atoms with van der Waals surface area (Å²) in [5, 5.41) is 0. The van der Waals surface area contributed by atoms with Crippen molar-refractivity contribution in [2.75, 3.05) is 0 Å². The van der Waals surface area contributed by atoms with Gasteiger partial charge in [-0.2, -0.15) is 0 Å². The van der Waals surface area contributed by atoms with Gasteiger partial charge in [0, 0.05) is 5.92 Å². The van der Waals surface area contributed by atoms with Crippen molar-refractivity contribution in [1.82, 2.24) is 0 Å². The zero-order valence-electron chi connectivity index (χ0n) is 9.27. The van der Waals surface area contributed by atoms with Crippen molar-refractivity contribution >= 4 is 0 Å². The van der Waals surface area contributed by atoms with Crippen LogP contribution in [0, 0.1) is 11.8 Å². The van der Waals surface area contributed by atoms with E-state index in [-0.39, 0.29) is 18.5 Å². The molecular formula is C12H20O2. The highest BCUT2D eigenvalue weighted by molar-refractivity contribution is 4.95. The van der Waals surface area contributed by atoms with Gasteiger partial charge in [0.1, 0.15) is 0 Å². The molecule has 4 atom stereocenters. The molecule has 0 aromatic heterocycles. The van der Waals surface area contributed by atoms with Gasteiger partial charge in [-0.1, -0.05) is 19.1 Å². The minimum atomic E-state index is 0.0277. The molecule has 0 bridgehead atoms. The predicted molar refractivity (Wildman–Crippen MR) is 55.9 cm³/mol. The highest BCUT2D eigenvalue weighted by atomic mass is 16.7. The van der Waals surface area contributed by atoms with Crippen LogP contribution in [0.1, 0.15) is 33.6 Å². The first kappa shape index (κ1) is 10.2. The maximum Gasteiger partial charge on any atom is 0.161 e. The molecule has 1 aliphatic heterocycles. The Hall–Kier alpha value is -0.340. The largest absolute Gasteiger partial charge is 0.347 e. The predicted octanol–water partition coefficient (Wildman–Crippen LogP) is 2.74. The Balaban J connectivity index is 1.98. The van der Waals surface area contributed by atoms with Crippen molar-refractivity contribution in [2.45, 2.75) is 52.1 Å². The lowest BCUT2D eigenvalue weighted by molar-refractivity contribution is -0.114. The first-order valence-electron chi connectivity index (χ1n) is 5.64. The van der Waals surface area contributed by atoms with E-state index in [4.69, 9.17) is 9.47 Å². The van der Waals surface area contributed by atoms with E-state index in [0.29, 0.717) is 11.8 Å². The topological polar surface area (TPSA) is 18.5 Å². The molecule has 1 fully saturated rings. The molecule has 2 nitrogen and oxygen atoms in total. The smallest absolute Gasteiger partial charge is 0.161 e. The van der Waals surface area contributed by atoms with Gasteiger partial charge in [0.05, 0.1) is 12.2 Å². The van der Waals surface area contributed by atoms with Crippen molar-refractivity contribution in [3.8, 4) is 0 Å². The van der Waals surface area contributed by atoms with E-state index in [1.165, 1.54) is 0 Å². The summed E-state index contributed by atoms with van der Waals surface area (Å²) < 4.78 is 11.7. The van der Waals surface area contributed by atoms with Crippen molar-refractivity contribution in [2.24, 2.45) is 11.8 Å². The fourth-order valence-electron chi connectivity index (χ4n) is 2.23. The average molecular weight is 196 g/mol. The Morgan fingerprint density at radius 2 is 1.50 bits per heavy atom. The molecule has 14 heavy (non-hydrogen) atoms. The third-order valence-corrected chi connectivity index (χ3v) is 3.52. The van der Waals surface area contributed by atoms with Crippen LogP contribution in [0.2, 0.25) is 0 Å². The molecule has 0 radical (unpaired) electrons. The van der Waals surface area contributed by atoms with Crippen LogP contribution < -0.4 is 0 Å². The number of hydrogen-bond donors (Lipinski definition) is 0. The van der Waals surface area contributed by atoms with Crippen LogP contribution in [0.5, 0.6) is 0 Å². The minimum Gasteiger partial charge on any atom is -0.347 e. The lowest BCUT2D eigenvalue weighted by Crippen LogP contribution is -2.29. The monoisotopic (exact) mass is 196 g/mol. The van der Waals surface area contributed by atoms with Crippen LogP contribution in [-0.2, 0) is 9.47 Å². The van der Waals surface area contributed by atoms with Gasteiger partial charge < -0.3 is 9.47 Å². The zero-order chi connectivity index (χ0) is 10.1. The lowest BCUT2D eigenvalue weighted by atomic mass is 9.84. The number of rotatable bonds is 1. The number of hydrogen-bond acceptors (Lipinski definition) is 2. The molecule has 2 rings (SSSR count). The highest BCUT2D eigenvalue weighted by Gasteiger charge is 2.37. The summed E-state index contributed by atoms with van der Waals surface area (Å²) in [4.78, 5) is 0. The molecule has 4 unspecified atom stereocenters. The Kier molecular flexibility index (Phi) is 2.93. The Morgan fingerprint density at radius 3 is 2.07 bits per heavy atom. The summed E-state index contributed by atoms with van der Waals surface area (Å²) in [7, 11) is 0. The standard InChI is InChI=1S/C12H20O2/c1-8-6-4-5-7-11(8)12-13-9(2)10(3)14-12/h4-5,8-12H,6-7H2,1-3H3. The van der Waals surface area contributed by atoms with Crippen LogP contribution in [-0.4, -0.2) is 18.5 Å². The fourth-order valence-corrected chi connectivity index (χ4v) is 2.23. The number of allylic oxidation sites excluding steroid dienone is 2. The first-order chi connectivity index (χ1) is 6.68. The molecule has 0 amide bonds. The average Bonchev–Trinajstić information content (AvgIpc) is 2.48. The molecule has 2 heteroatoms. The summed E-state index contributed by atoms with van der Waals surface area (Å²) in [5.41, 5.74) is 0. The van der Waals surface area contributed by atoms with E-state index in [1.807, 2.05) is 0 Å². The lowest BCUT2D eigenvalue weighted by Gasteiger charge is -2.29. The second-order valence-electron chi connectivity index (χ2n) is 4.63. The van der Waals surface area contributed by atoms with Crippen LogP contribution in [0.3, 0.4) is 0 Å². The van der Waals surface area contributed by atoms with Crippen molar-refractivity contribution in [1.29, 1.82) is 0 Å². The molecule has 0 aromatic rings. The summed E-state index contributed by atoms with van der Waals surface area (Å²) in [6.07, 6.45) is 7.31. The van der Waals surface area contributed by atoms with Crippen LogP contribution >= 0.6 is 0 Å². The van der Waals surface area contributed by atoms with Gasteiger partial charge in [-0.25, -0.2) is 0 Å². The normalized spacial score (nSPS) is 48.4. The summed E-state index contributed by atoms with van der Waals surface area (Å²) >= 11 is 0. The molecule has 0 spiro atoms. The van der Waals surface area contributed by atoms with Crippen LogP contribution in [0.15, 0.2) is 12.2 Å². The van der Waals surface area contributed by atoms with Crippen molar-refractivity contribution in [3.05, 3.63) is 12.2 Å². The SMILES string of the molecule is CC1CC=CCC1C1OC(C)C(C)O1. The third kappa shape index (κ3) is 1.86. The third-order valence-electron chi connectivity index (χ3n) is 3.52. The van der Waals surface area contributed by atoms with E-state index in [1.54, 1.807) is 0 Å². The van der Waals surface area contributed by atoms with Crippen molar-refractivity contribution < 1.29 is 9.47 Å². The van der Waals surface area contributed by atoms with Crippen LogP contribution in [0.4, 0.5) is 0 Å². The molecule has 2 aliphatic rings. The first-order valence-corrected chi connectivity index (χ1v) is 5.64. The summed E-state index contributed by atoms with van der Waals surface area (Å²) in [6, 6.07) is 0. The van der Waals surface area contributed by atoms with Gasteiger partial charge in [0.25, 0.3) is 0 Å². The maximum atomic E-state index is 5.83. The van der Waals surface area contributed by atoms with Crippen LogP contribution in [0.25, 0.3) is 0 Å². The second kappa shape index (κ2) is 4.03. The van der Waals surface area contributed by atoms with Gasteiger partial charge in [-0.3, -0.25) is 0 Å². The molecular weight excluding hydrogens is 176 g/mol. The quantitative estimate of drug-likeness (QED) is 0.600. The zero-order valence-corrected chi connectivity index (χ0v) is 9.27. The van der Waals surface area contributed by atoms with E-state index in [2.05, 4.69) is 32.9 Å². The van der Waals surface area contributed by atoms with Gasteiger partial charge in [-0.05, 0) is 32.6 Å². The number of ether oxygens (including phenoxy) is 2. The molecule has 0 saturated carbocycles.